The molecule has 1 atom stereocenters. The van der Waals surface area contributed by atoms with E-state index in [1.807, 2.05) is 59.5 Å². The van der Waals surface area contributed by atoms with Crippen molar-refractivity contribution in [2.24, 2.45) is 4.99 Å². The Morgan fingerprint density at radius 3 is 2.48 bits per heavy atom. The monoisotopic (exact) mass is 701 g/mol. The Bertz CT molecular complexity index is 1980. The third-order valence-electron chi connectivity index (χ3n) is 7.86. The van der Waals surface area contributed by atoms with Gasteiger partial charge in [0, 0.05) is 28.7 Å². The number of hydrogen-bond donors (Lipinski definition) is 0. The number of hydrogen-bond acceptors (Lipinski definition) is 8. The lowest BCUT2D eigenvalue weighted by molar-refractivity contribution is -0.139. The lowest BCUT2D eigenvalue weighted by Crippen LogP contribution is -2.40. The van der Waals surface area contributed by atoms with Crippen molar-refractivity contribution in [2.45, 2.75) is 25.8 Å². The number of halogens is 1. The number of nitrogens with zero attached hydrogens (tertiary/aromatic N) is 3. The molecule has 0 radical (unpaired) electrons. The molecule has 0 saturated carbocycles. The minimum Gasteiger partial charge on any atom is -0.496 e. The van der Waals surface area contributed by atoms with Crippen molar-refractivity contribution in [2.75, 3.05) is 33.4 Å². The van der Waals surface area contributed by atoms with Crippen molar-refractivity contribution in [1.29, 1.82) is 0 Å². The van der Waals surface area contributed by atoms with Gasteiger partial charge in [0.05, 0.1) is 29.5 Å². The van der Waals surface area contributed by atoms with Crippen LogP contribution < -0.4 is 24.4 Å². The lowest BCUT2D eigenvalue weighted by atomic mass is 9.92. The number of ether oxygens (including phenoxy) is 3. The topological polar surface area (TPSA) is 99.4 Å². The third-order valence-corrected chi connectivity index (χ3v) is 9.34. The molecule has 0 N–H and O–H groups in total. The van der Waals surface area contributed by atoms with Crippen LogP contribution in [-0.4, -0.2) is 54.8 Å². The van der Waals surface area contributed by atoms with Crippen molar-refractivity contribution in [1.82, 2.24) is 9.47 Å². The molecular formula is C35H32BrN3O6S. The second kappa shape index (κ2) is 13.9. The van der Waals surface area contributed by atoms with Gasteiger partial charge in [0.15, 0.2) is 11.4 Å². The summed E-state index contributed by atoms with van der Waals surface area (Å²) in [5.41, 5.74) is 2.48. The Labute approximate surface area is 278 Å². The molecule has 1 amide bonds. The molecular weight excluding hydrogens is 670 g/mol. The van der Waals surface area contributed by atoms with Crippen LogP contribution in [0.2, 0.25) is 0 Å². The molecule has 0 aliphatic carbocycles. The van der Waals surface area contributed by atoms with E-state index in [1.165, 1.54) is 11.3 Å². The van der Waals surface area contributed by atoms with Gasteiger partial charge in [-0.05, 0) is 61.7 Å². The van der Waals surface area contributed by atoms with Gasteiger partial charge in [-0.2, -0.15) is 0 Å². The van der Waals surface area contributed by atoms with E-state index in [1.54, 1.807) is 42.9 Å². The number of rotatable bonds is 9. The number of thiazole rings is 1. The summed E-state index contributed by atoms with van der Waals surface area (Å²) in [6, 6.07) is 21.2. The first kappa shape index (κ1) is 31.5. The van der Waals surface area contributed by atoms with Crippen LogP contribution in [0.1, 0.15) is 42.5 Å². The number of likely N-dealkylation sites (tertiary alicyclic amines) is 1. The smallest absolute Gasteiger partial charge is 0.338 e. The van der Waals surface area contributed by atoms with Crippen LogP contribution in [-0.2, 0) is 14.3 Å². The predicted molar refractivity (Wildman–Crippen MR) is 180 cm³/mol. The van der Waals surface area contributed by atoms with Crippen LogP contribution in [0.5, 0.6) is 11.5 Å². The highest BCUT2D eigenvalue weighted by Gasteiger charge is 2.37. The second-order valence-corrected chi connectivity index (χ2v) is 12.7. The Morgan fingerprint density at radius 1 is 1.04 bits per heavy atom. The number of methoxy groups -OCH3 is 1. The fraction of sp³-hybridized carbons (Fsp3) is 0.257. The van der Waals surface area contributed by atoms with Crippen molar-refractivity contribution >= 4 is 50.9 Å². The molecule has 0 spiro atoms. The molecule has 9 nitrogen and oxygen atoms in total. The van der Waals surface area contributed by atoms with Crippen LogP contribution in [0, 0.1) is 0 Å². The highest BCUT2D eigenvalue weighted by Crippen LogP contribution is 2.39. The van der Waals surface area contributed by atoms with E-state index in [-0.39, 0.29) is 30.3 Å². The molecule has 46 heavy (non-hydrogen) atoms. The van der Waals surface area contributed by atoms with Crippen LogP contribution >= 0.6 is 27.3 Å². The normalized spacial score (nSPS) is 16.2. The molecule has 0 unspecified atom stereocenters. The molecule has 4 aromatic rings. The number of carbonyl (C=O) groups is 2. The Balaban J connectivity index is 1.45. The highest BCUT2D eigenvalue weighted by molar-refractivity contribution is 9.10. The number of aromatic nitrogens is 1. The van der Waals surface area contributed by atoms with Gasteiger partial charge in [0.2, 0.25) is 0 Å². The Kier molecular flexibility index (Phi) is 9.51. The molecule has 0 bridgehead atoms. The highest BCUT2D eigenvalue weighted by atomic mass is 79.9. The van der Waals surface area contributed by atoms with Gasteiger partial charge in [-0.25, -0.2) is 9.79 Å². The molecule has 1 fully saturated rings. The number of esters is 1. The first-order valence-electron chi connectivity index (χ1n) is 15.0. The average molecular weight is 703 g/mol. The van der Waals surface area contributed by atoms with E-state index in [0.29, 0.717) is 32.1 Å². The predicted octanol–water partition coefficient (Wildman–Crippen LogP) is 4.71. The van der Waals surface area contributed by atoms with Crippen molar-refractivity contribution < 1.29 is 23.8 Å². The lowest BCUT2D eigenvalue weighted by Gasteiger charge is -2.27. The van der Waals surface area contributed by atoms with Crippen LogP contribution in [0.4, 0.5) is 0 Å². The SMILES string of the molecule is CCOC(=O)C1=C(c2ccccc2)N=c2s/c(=C\c3ccc(OCC(=O)N4CCCC4)cc3)c(=O)n2[C@H]1c1cc(Br)ccc1OC. The third kappa shape index (κ3) is 6.43. The Hall–Kier alpha value is -4.48. The summed E-state index contributed by atoms with van der Waals surface area (Å²) in [5, 5.41) is 0. The van der Waals surface area contributed by atoms with Gasteiger partial charge in [0.1, 0.15) is 17.5 Å². The zero-order valence-corrected chi connectivity index (χ0v) is 27.8. The van der Waals surface area contributed by atoms with E-state index >= 15 is 0 Å². The summed E-state index contributed by atoms with van der Waals surface area (Å²) in [4.78, 5) is 47.5. The number of amides is 1. The second-order valence-electron chi connectivity index (χ2n) is 10.8. The molecule has 1 aromatic heterocycles. The van der Waals surface area contributed by atoms with E-state index in [0.717, 1.165) is 41.5 Å². The molecule has 1 saturated heterocycles. The average Bonchev–Trinajstić information content (AvgIpc) is 3.72. The van der Waals surface area contributed by atoms with Crippen molar-refractivity contribution in [3.8, 4) is 11.5 Å². The van der Waals surface area contributed by atoms with Gasteiger partial charge in [-0.15, -0.1) is 0 Å². The van der Waals surface area contributed by atoms with E-state index < -0.39 is 12.0 Å². The Morgan fingerprint density at radius 2 is 1.78 bits per heavy atom. The molecule has 236 valence electrons. The minimum atomic E-state index is -0.871. The zero-order valence-electron chi connectivity index (χ0n) is 25.4. The first-order valence-corrected chi connectivity index (χ1v) is 16.6. The largest absolute Gasteiger partial charge is 0.496 e. The molecule has 6 rings (SSSR count). The molecule has 2 aliphatic heterocycles. The maximum Gasteiger partial charge on any atom is 0.338 e. The van der Waals surface area contributed by atoms with E-state index in [2.05, 4.69) is 15.9 Å². The zero-order chi connectivity index (χ0) is 32.2. The summed E-state index contributed by atoms with van der Waals surface area (Å²) >= 11 is 4.79. The fourth-order valence-electron chi connectivity index (χ4n) is 5.67. The van der Waals surface area contributed by atoms with Crippen molar-refractivity contribution in [3.05, 3.63) is 119 Å². The van der Waals surface area contributed by atoms with E-state index in [4.69, 9.17) is 19.2 Å². The van der Waals surface area contributed by atoms with Gasteiger partial charge in [-0.3, -0.25) is 14.2 Å². The summed E-state index contributed by atoms with van der Waals surface area (Å²) < 4.78 is 19.8. The van der Waals surface area contributed by atoms with Crippen LogP contribution in [0.15, 0.2) is 92.6 Å². The van der Waals surface area contributed by atoms with Gasteiger partial charge in [-0.1, -0.05) is 69.7 Å². The molecule has 2 aliphatic rings. The molecule has 3 heterocycles. The first-order chi connectivity index (χ1) is 22.4. The summed E-state index contributed by atoms with van der Waals surface area (Å²) in [7, 11) is 1.55. The summed E-state index contributed by atoms with van der Waals surface area (Å²) in [5.74, 6) is 0.499. The minimum absolute atomic E-state index is 0.0104. The number of carbonyl (C=O) groups excluding carboxylic acids is 2. The quantitative estimate of drug-likeness (QED) is 0.235. The maximum atomic E-state index is 14.2. The van der Waals surface area contributed by atoms with Gasteiger partial charge >= 0.3 is 5.97 Å². The molecule has 3 aromatic carbocycles. The summed E-state index contributed by atoms with van der Waals surface area (Å²) in [6.07, 6.45) is 3.84. The standard InChI is InChI=1S/C35H32BrN3O6S/c1-3-44-34(42)30-31(23-9-5-4-6-10-23)37-35-39(32(30)26-20-24(36)13-16-27(26)43-2)33(41)28(46-35)19-22-11-14-25(15-12-22)45-21-29(40)38-17-7-8-18-38/h4-6,9-16,19-20,32H,3,7-8,17-18,21H2,1-2H3/b28-19-/t32-/m0/s1. The molecule has 11 heteroatoms. The fourth-order valence-corrected chi connectivity index (χ4v) is 7.05. The summed E-state index contributed by atoms with van der Waals surface area (Å²) in [6.45, 7) is 3.45. The van der Waals surface area contributed by atoms with Gasteiger partial charge < -0.3 is 19.1 Å². The van der Waals surface area contributed by atoms with Crippen LogP contribution in [0.25, 0.3) is 11.8 Å². The van der Waals surface area contributed by atoms with Crippen LogP contribution in [0.3, 0.4) is 0 Å². The number of benzene rings is 3. The van der Waals surface area contributed by atoms with Gasteiger partial charge in [0.25, 0.3) is 11.5 Å². The van der Waals surface area contributed by atoms with Crippen molar-refractivity contribution in [3.63, 3.8) is 0 Å². The van der Waals surface area contributed by atoms with E-state index in [9.17, 15) is 14.4 Å². The maximum absolute atomic E-state index is 14.2. The number of fused-ring (bicyclic) bond motifs is 1.